The summed E-state index contributed by atoms with van der Waals surface area (Å²) in [6.07, 6.45) is -1.15. The molecule has 0 spiro atoms. The summed E-state index contributed by atoms with van der Waals surface area (Å²) in [5.41, 5.74) is 6.95. The number of rotatable bonds is 7. The van der Waals surface area contributed by atoms with Gasteiger partial charge in [-0.15, -0.1) is 0 Å². The predicted molar refractivity (Wildman–Crippen MR) is 72.9 cm³/mol. The van der Waals surface area contributed by atoms with Crippen molar-refractivity contribution in [1.29, 1.82) is 0 Å². The molecule has 0 amide bonds. The van der Waals surface area contributed by atoms with Crippen LogP contribution in [-0.4, -0.2) is 38.7 Å². The minimum Gasteiger partial charge on any atom is -0.778 e. The molecule has 114 valence electrons. The van der Waals surface area contributed by atoms with E-state index >= 15 is 0 Å². The topological polar surface area (TPSA) is 147 Å². The predicted octanol–water partition coefficient (Wildman–Crippen LogP) is -3.24. The molecule has 1 unspecified atom stereocenters. The zero-order valence-electron chi connectivity index (χ0n) is 11.6. The van der Waals surface area contributed by atoms with Crippen LogP contribution in [0, 0.1) is 0 Å². The summed E-state index contributed by atoms with van der Waals surface area (Å²) in [5, 5.41) is 0. The van der Waals surface area contributed by atoms with Crippen LogP contribution >= 0.6 is 15.2 Å². The second kappa shape index (κ2) is 8.79. The van der Waals surface area contributed by atoms with Crippen LogP contribution in [0.5, 0.6) is 0 Å². The van der Waals surface area contributed by atoms with E-state index in [1.54, 1.807) is 24.3 Å². The second-order valence-corrected chi connectivity index (χ2v) is 7.64. The first-order valence-corrected chi connectivity index (χ1v) is 9.25. The number of anilines is 1. The third-order valence-electron chi connectivity index (χ3n) is 2.46. The van der Waals surface area contributed by atoms with Crippen LogP contribution in [0.1, 0.15) is 5.56 Å². The molecule has 1 aromatic rings. The molecule has 1 atom stereocenters. The summed E-state index contributed by atoms with van der Waals surface area (Å²) >= 11 is 0. The van der Waals surface area contributed by atoms with E-state index in [1.165, 1.54) is 0 Å². The van der Waals surface area contributed by atoms with Crippen LogP contribution in [0.15, 0.2) is 24.3 Å². The first kappa shape index (κ1) is 21.3. The van der Waals surface area contributed by atoms with E-state index in [1.807, 2.05) is 0 Å². The minimum atomic E-state index is -4.62. The van der Waals surface area contributed by atoms with E-state index < -0.39 is 27.8 Å². The van der Waals surface area contributed by atoms with E-state index in [0.717, 1.165) is 10.5 Å². The molecule has 0 aliphatic rings. The molecular weight excluding hydrogens is 329 g/mol. The van der Waals surface area contributed by atoms with E-state index in [9.17, 15) is 14.0 Å². The molecule has 0 aliphatic carbocycles. The quantitative estimate of drug-likeness (QED) is 0.229. The Morgan fingerprint density at radius 3 is 2.05 bits per heavy atom. The van der Waals surface area contributed by atoms with Gasteiger partial charge in [0.2, 0.25) is 0 Å². The van der Waals surface area contributed by atoms with Crippen LogP contribution in [0.25, 0.3) is 0 Å². The SMILES string of the molecule is Nc1ccc(CCN(CP(=O)([O-])O)CP(=O)(O)O)cc1.[Na+]. The van der Waals surface area contributed by atoms with E-state index in [0.29, 0.717) is 12.1 Å². The third kappa shape index (κ3) is 10.6. The second-order valence-electron chi connectivity index (χ2n) is 4.47. The summed E-state index contributed by atoms with van der Waals surface area (Å²) in [4.78, 5) is 38.5. The van der Waals surface area contributed by atoms with Crippen LogP contribution in [0.2, 0.25) is 0 Å². The zero-order valence-corrected chi connectivity index (χ0v) is 15.4. The van der Waals surface area contributed by atoms with Crippen molar-refractivity contribution in [3.63, 3.8) is 0 Å². The largest absolute Gasteiger partial charge is 1.00 e. The molecule has 21 heavy (non-hydrogen) atoms. The molecule has 1 rings (SSSR count). The average molecular weight is 346 g/mol. The zero-order chi connectivity index (χ0) is 15.4. The maximum absolute atomic E-state index is 10.9. The molecule has 0 aliphatic heterocycles. The van der Waals surface area contributed by atoms with Crippen molar-refractivity contribution in [3.8, 4) is 0 Å². The van der Waals surface area contributed by atoms with E-state index in [-0.39, 0.29) is 36.1 Å². The molecule has 0 bridgehead atoms. The Morgan fingerprint density at radius 1 is 1.10 bits per heavy atom. The number of nitrogen functional groups attached to an aromatic ring is 1. The van der Waals surface area contributed by atoms with Crippen LogP contribution < -0.4 is 40.2 Å². The third-order valence-corrected chi connectivity index (χ3v) is 3.99. The number of benzene rings is 1. The number of hydrogen-bond acceptors (Lipinski definition) is 5. The minimum absolute atomic E-state index is 0. The van der Waals surface area contributed by atoms with Gasteiger partial charge in [0.05, 0.1) is 6.29 Å². The van der Waals surface area contributed by atoms with Crippen molar-refractivity contribution < 1.29 is 58.3 Å². The summed E-state index contributed by atoms with van der Waals surface area (Å²) in [6.45, 7) is 0.0851. The fraction of sp³-hybridized carbons (Fsp3) is 0.400. The molecule has 0 saturated heterocycles. The van der Waals surface area contributed by atoms with Gasteiger partial charge in [-0.1, -0.05) is 12.1 Å². The molecule has 0 fully saturated rings. The molecule has 0 heterocycles. The standard InChI is InChI=1S/C10H18N2O6P2.Na/c11-10-3-1-9(2-4-10)5-6-12(7-19(13,14)15)8-20(16,17)18;/h1-4H,5-8,11H2,(H2,13,14,15)(H2,16,17,18);/q;+1/p-1. The summed E-state index contributed by atoms with van der Waals surface area (Å²) in [6, 6.07) is 6.82. The molecular formula is C10H17N2NaO6P2. The van der Waals surface area contributed by atoms with E-state index in [2.05, 4.69) is 0 Å². The Kier molecular flexibility index (Phi) is 8.91. The smallest absolute Gasteiger partial charge is 0.778 e. The van der Waals surface area contributed by atoms with Crippen molar-refractivity contribution in [2.24, 2.45) is 0 Å². The van der Waals surface area contributed by atoms with Gasteiger partial charge in [-0.3, -0.25) is 9.46 Å². The van der Waals surface area contributed by atoms with Crippen LogP contribution in [-0.2, 0) is 15.6 Å². The molecule has 5 N–H and O–H groups in total. The average Bonchev–Trinajstić information content (AvgIpc) is 2.23. The Labute approximate surface area is 145 Å². The van der Waals surface area contributed by atoms with Gasteiger partial charge in [0, 0.05) is 12.2 Å². The van der Waals surface area contributed by atoms with Crippen molar-refractivity contribution in [3.05, 3.63) is 29.8 Å². The molecule has 11 heteroatoms. The van der Waals surface area contributed by atoms with Crippen molar-refractivity contribution >= 4 is 20.9 Å². The van der Waals surface area contributed by atoms with Gasteiger partial charge in [-0.05, 0) is 24.1 Å². The number of nitrogens with zero attached hydrogens (tertiary/aromatic N) is 1. The Hall–Kier alpha value is 0.280. The normalized spacial score (nSPS) is 14.5. The van der Waals surface area contributed by atoms with E-state index in [4.69, 9.17) is 20.4 Å². The first-order chi connectivity index (χ1) is 9.05. The number of nitrogens with two attached hydrogens (primary N) is 1. The van der Waals surface area contributed by atoms with Gasteiger partial charge >= 0.3 is 37.2 Å². The molecule has 0 saturated carbocycles. The van der Waals surface area contributed by atoms with Crippen LogP contribution in [0.4, 0.5) is 5.69 Å². The molecule has 0 radical (unpaired) electrons. The van der Waals surface area contributed by atoms with Gasteiger partial charge in [-0.2, -0.15) is 0 Å². The van der Waals surface area contributed by atoms with Crippen molar-refractivity contribution in [2.75, 3.05) is 24.9 Å². The molecule has 1 aromatic carbocycles. The summed E-state index contributed by atoms with van der Waals surface area (Å²) < 4.78 is 21.8. The first-order valence-electron chi connectivity index (χ1n) is 5.69. The fourth-order valence-electron chi connectivity index (χ4n) is 1.67. The summed E-state index contributed by atoms with van der Waals surface area (Å²) in [7, 11) is -9.03. The molecule has 0 aromatic heterocycles. The molecule has 8 nitrogen and oxygen atoms in total. The van der Waals surface area contributed by atoms with Crippen molar-refractivity contribution in [1.82, 2.24) is 4.90 Å². The van der Waals surface area contributed by atoms with Gasteiger partial charge in [-0.25, -0.2) is 0 Å². The number of hydrogen-bond donors (Lipinski definition) is 4. The van der Waals surface area contributed by atoms with Gasteiger partial charge < -0.3 is 29.9 Å². The Morgan fingerprint density at radius 2 is 1.62 bits per heavy atom. The Bertz CT molecular complexity index is 505. The monoisotopic (exact) mass is 346 g/mol. The van der Waals surface area contributed by atoms with Gasteiger partial charge in [0.25, 0.3) is 0 Å². The van der Waals surface area contributed by atoms with Crippen molar-refractivity contribution in [2.45, 2.75) is 6.42 Å². The summed E-state index contributed by atoms with van der Waals surface area (Å²) in [5.74, 6) is 0. The van der Waals surface area contributed by atoms with Crippen LogP contribution in [0.3, 0.4) is 0 Å². The maximum Gasteiger partial charge on any atom is 1.00 e. The maximum atomic E-state index is 10.9. The Balaban J connectivity index is 0.00000400. The van der Waals surface area contributed by atoms with Gasteiger partial charge in [0.1, 0.15) is 13.9 Å². The van der Waals surface area contributed by atoms with Gasteiger partial charge in [0.15, 0.2) is 0 Å². The fourth-order valence-corrected chi connectivity index (χ4v) is 3.34.